The van der Waals surface area contributed by atoms with Crippen LogP contribution in [0.2, 0.25) is 5.02 Å². The average molecular weight is 487 g/mol. The minimum Gasteiger partial charge on any atom is -0.324 e. The summed E-state index contributed by atoms with van der Waals surface area (Å²) in [6.07, 6.45) is -4.32. The molecule has 2 heterocycles. The SMILES string of the molecule is O=C(Nc1nc2ccccc2[nH]1)C1CCN(S(=O)(=O)c2ccc(Cl)c(C(F)(F)F)c2)CC1. The first-order valence-corrected chi connectivity index (χ1v) is 11.5. The maximum Gasteiger partial charge on any atom is 0.417 e. The summed E-state index contributed by atoms with van der Waals surface area (Å²) in [7, 11) is -4.16. The Hall–Kier alpha value is -2.63. The molecule has 1 saturated heterocycles. The highest BCUT2D eigenvalue weighted by Crippen LogP contribution is 2.36. The number of hydrogen-bond donors (Lipinski definition) is 2. The van der Waals surface area contributed by atoms with Crippen molar-refractivity contribution in [1.82, 2.24) is 14.3 Å². The molecule has 0 unspecified atom stereocenters. The van der Waals surface area contributed by atoms with E-state index in [0.29, 0.717) is 17.5 Å². The normalized spacial score (nSPS) is 16.4. The number of hydrogen-bond acceptors (Lipinski definition) is 4. The molecule has 12 heteroatoms. The first-order valence-electron chi connectivity index (χ1n) is 9.68. The number of para-hydroxylation sites is 2. The number of H-pyrrole nitrogens is 1. The van der Waals surface area contributed by atoms with Crippen LogP contribution in [-0.2, 0) is 21.0 Å². The van der Waals surface area contributed by atoms with Crippen molar-refractivity contribution in [2.24, 2.45) is 5.92 Å². The number of aromatic nitrogens is 2. The Labute approximate surface area is 186 Å². The Morgan fingerprint density at radius 1 is 1.16 bits per heavy atom. The first-order chi connectivity index (χ1) is 15.1. The van der Waals surface area contributed by atoms with Gasteiger partial charge in [0, 0.05) is 19.0 Å². The monoisotopic (exact) mass is 486 g/mol. The lowest BCUT2D eigenvalue weighted by Gasteiger charge is -2.30. The molecule has 7 nitrogen and oxygen atoms in total. The number of anilines is 1. The van der Waals surface area contributed by atoms with Crippen LogP contribution in [-0.4, -0.2) is 41.7 Å². The number of piperidine rings is 1. The van der Waals surface area contributed by atoms with E-state index in [0.717, 1.165) is 22.0 Å². The van der Waals surface area contributed by atoms with Gasteiger partial charge >= 0.3 is 6.18 Å². The molecule has 1 aliphatic heterocycles. The van der Waals surface area contributed by atoms with Gasteiger partial charge in [-0.05, 0) is 43.2 Å². The number of aromatic amines is 1. The number of amides is 1. The molecule has 2 N–H and O–H groups in total. The zero-order chi connectivity index (χ0) is 23.1. The number of carbonyl (C=O) groups excluding carboxylic acids is 1. The van der Waals surface area contributed by atoms with Gasteiger partial charge in [-0.25, -0.2) is 13.4 Å². The van der Waals surface area contributed by atoms with Crippen molar-refractivity contribution < 1.29 is 26.4 Å². The molecule has 2 aromatic carbocycles. The number of benzene rings is 2. The van der Waals surface area contributed by atoms with E-state index in [9.17, 15) is 26.4 Å². The fourth-order valence-electron chi connectivity index (χ4n) is 3.62. The van der Waals surface area contributed by atoms with Crippen molar-refractivity contribution in [3.8, 4) is 0 Å². The Balaban J connectivity index is 1.43. The van der Waals surface area contributed by atoms with E-state index in [1.807, 2.05) is 18.2 Å². The Morgan fingerprint density at radius 3 is 2.50 bits per heavy atom. The molecule has 0 atom stereocenters. The van der Waals surface area contributed by atoms with Crippen molar-refractivity contribution in [1.29, 1.82) is 0 Å². The second kappa shape index (κ2) is 8.38. The number of carbonyl (C=O) groups is 1. The van der Waals surface area contributed by atoms with Crippen molar-refractivity contribution >= 4 is 44.5 Å². The van der Waals surface area contributed by atoms with Crippen LogP contribution in [0.4, 0.5) is 19.1 Å². The predicted molar refractivity (Wildman–Crippen MR) is 113 cm³/mol. The van der Waals surface area contributed by atoms with Gasteiger partial charge in [0.2, 0.25) is 21.9 Å². The van der Waals surface area contributed by atoms with Crippen molar-refractivity contribution in [3.63, 3.8) is 0 Å². The lowest BCUT2D eigenvalue weighted by atomic mass is 9.97. The highest BCUT2D eigenvalue weighted by Gasteiger charge is 2.37. The van der Waals surface area contributed by atoms with Crippen LogP contribution in [0, 0.1) is 5.92 Å². The summed E-state index contributed by atoms with van der Waals surface area (Å²) < 4.78 is 66.1. The molecule has 1 aliphatic rings. The van der Waals surface area contributed by atoms with Gasteiger partial charge in [-0.3, -0.25) is 10.1 Å². The van der Waals surface area contributed by atoms with Gasteiger partial charge in [0.15, 0.2) is 0 Å². The first kappa shape index (κ1) is 22.6. The van der Waals surface area contributed by atoms with Gasteiger partial charge in [0.05, 0.1) is 26.5 Å². The van der Waals surface area contributed by atoms with Gasteiger partial charge in [0.1, 0.15) is 0 Å². The largest absolute Gasteiger partial charge is 0.417 e. The summed E-state index contributed by atoms with van der Waals surface area (Å²) in [5.74, 6) is -0.454. The zero-order valence-electron chi connectivity index (χ0n) is 16.5. The third-order valence-electron chi connectivity index (χ3n) is 5.34. The number of nitrogens with one attached hydrogen (secondary N) is 2. The van der Waals surface area contributed by atoms with E-state index < -0.39 is 37.6 Å². The minimum absolute atomic E-state index is 0.00449. The van der Waals surface area contributed by atoms with Gasteiger partial charge in [-0.1, -0.05) is 23.7 Å². The molecule has 0 saturated carbocycles. The molecule has 0 spiro atoms. The van der Waals surface area contributed by atoms with Crippen molar-refractivity contribution in [2.75, 3.05) is 18.4 Å². The molecule has 1 fully saturated rings. The molecule has 0 aliphatic carbocycles. The summed E-state index contributed by atoms with van der Waals surface area (Å²) in [6, 6.07) is 9.79. The van der Waals surface area contributed by atoms with Gasteiger partial charge in [-0.15, -0.1) is 0 Å². The Morgan fingerprint density at radius 2 is 1.84 bits per heavy atom. The number of fused-ring (bicyclic) bond motifs is 1. The summed E-state index contributed by atoms with van der Waals surface area (Å²) >= 11 is 5.58. The molecule has 1 amide bonds. The Bertz CT molecular complexity index is 1240. The van der Waals surface area contributed by atoms with Crippen LogP contribution < -0.4 is 5.32 Å². The standard InChI is InChI=1S/C20H18ClF3N4O3S/c21-15-6-5-13(11-14(15)20(22,23)24)32(30,31)28-9-7-12(8-10-28)18(29)27-19-25-16-3-1-2-4-17(16)26-19/h1-6,11-12H,7-10H2,(H2,25,26,27,29). The van der Waals surface area contributed by atoms with Gasteiger partial charge in [-0.2, -0.15) is 17.5 Å². The van der Waals surface area contributed by atoms with Crippen molar-refractivity contribution in [3.05, 3.63) is 53.1 Å². The van der Waals surface area contributed by atoms with Crippen LogP contribution >= 0.6 is 11.6 Å². The highest BCUT2D eigenvalue weighted by atomic mass is 35.5. The average Bonchev–Trinajstić information content (AvgIpc) is 3.15. The van der Waals surface area contributed by atoms with Crippen LogP contribution in [0.25, 0.3) is 11.0 Å². The third-order valence-corrected chi connectivity index (χ3v) is 7.56. The highest BCUT2D eigenvalue weighted by molar-refractivity contribution is 7.89. The van der Waals surface area contributed by atoms with E-state index in [1.54, 1.807) is 6.07 Å². The lowest BCUT2D eigenvalue weighted by molar-refractivity contribution is -0.137. The van der Waals surface area contributed by atoms with Gasteiger partial charge < -0.3 is 4.98 Å². The second-order valence-electron chi connectivity index (χ2n) is 7.41. The topological polar surface area (TPSA) is 95.2 Å². The molecule has 3 aromatic rings. The van der Waals surface area contributed by atoms with E-state index >= 15 is 0 Å². The van der Waals surface area contributed by atoms with Gasteiger partial charge in [0.25, 0.3) is 0 Å². The number of imidazole rings is 1. The van der Waals surface area contributed by atoms with Crippen LogP contribution in [0.3, 0.4) is 0 Å². The third kappa shape index (κ3) is 4.45. The quantitative estimate of drug-likeness (QED) is 0.575. The molecule has 0 radical (unpaired) electrons. The molecule has 0 bridgehead atoms. The van der Waals surface area contributed by atoms with E-state index in [-0.39, 0.29) is 31.8 Å². The maximum absolute atomic E-state index is 13.1. The molecule has 170 valence electrons. The summed E-state index contributed by atoms with van der Waals surface area (Å²) in [5.41, 5.74) is 0.259. The van der Waals surface area contributed by atoms with Crippen LogP contribution in [0.5, 0.6) is 0 Å². The number of nitrogens with zero attached hydrogens (tertiary/aromatic N) is 2. The number of alkyl halides is 3. The fraction of sp³-hybridized carbons (Fsp3) is 0.300. The molecule has 32 heavy (non-hydrogen) atoms. The smallest absolute Gasteiger partial charge is 0.324 e. The second-order valence-corrected chi connectivity index (χ2v) is 9.75. The van der Waals surface area contributed by atoms with Crippen molar-refractivity contribution in [2.45, 2.75) is 23.9 Å². The molecule has 1 aromatic heterocycles. The number of halogens is 4. The summed E-state index contributed by atoms with van der Waals surface area (Å²) in [4.78, 5) is 19.4. The fourth-order valence-corrected chi connectivity index (χ4v) is 5.34. The summed E-state index contributed by atoms with van der Waals surface area (Å²) in [6.45, 7) is 0.00898. The lowest BCUT2D eigenvalue weighted by Crippen LogP contribution is -2.41. The van der Waals surface area contributed by atoms with E-state index in [4.69, 9.17) is 11.6 Å². The number of rotatable bonds is 4. The number of sulfonamides is 1. The maximum atomic E-state index is 13.1. The van der Waals surface area contributed by atoms with Crippen LogP contribution in [0.15, 0.2) is 47.4 Å². The molecule has 4 rings (SSSR count). The molecular formula is C20H18ClF3N4O3S. The molecular weight excluding hydrogens is 469 g/mol. The van der Waals surface area contributed by atoms with E-state index in [1.165, 1.54) is 0 Å². The van der Waals surface area contributed by atoms with E-state index in [2.05, 4.69) is 15.3 Å². The zero-order valence-corrected chi connectivity index (χ0v) is 18.1. The minimum atomic E-state index is -4.77. The van der Waals surface area contributed by atoms with Crippen LogP contribution in [0.1, 0.15) is 18.4 Å². The predicted octanol–water partition coefficient (Wildman–Crippen LogP) is 4.27. The Kier molecular flexibility index (Phi) is 5.91. The summed E-state index contributed by atoms with van der Waals surface area (Å²) in [5, 5.41) is 2.13.